The minimum Gasteiger partial charge on any atom is -0.368 e. The maximum Gasteiger partial charge on any atom is 0.224 e. The van der Waals surface area contributed by atoms with Crippen LogP contribution in [-0.4, -0.2) is 39.3 Å². The van der Waals surface area contributed by atoms with Gasteiger partial charge in [-0.3, -0.25) is 0 Å². The molecule has 4 aromatic rings. The van der Waals surface area contributed by atoms with Crippen LogP contribution < -0.4 is 11.1 Å². The van der Waals surface area contributed by atoms with Crippen LogP contribution in [0.1, 0.15) is 18.8 Å². The van der Waals surface area contributed by atoms with Crippen molar-refractivity contribution >= 4 is 28.6 Å². The molecule has 4 heterocycles. The molecule has 0 radical (unpaired) electrons. The molecule has 0 aliphatic heterocycles. The van der Waals surface area contributed by atoms with Crippen molar-refractivity contribution in [2.45, 2.75) is 13.0 Å². The average molecular weight is 354 g/mol. The molecule has 26 heavy (non-hydrogen) atoms. The van der Waals surface area contributed by atoms with Crippen LogP contribution in [0.3, 0.4) is 0 Å². The van der Waals surface area contributed by atoms with Gasteiger partial charge in [-0.1, -0.05) is 0 Å². The number of aromatic nitrogens is 8. The number of hydrogen-bond donors (Lipinski definition) is 2. The lowest BCUT2D eigenvalue weighted by molar-refractivity contribution is 0.537. The molecular weight excluding hydrogens is 339 g/mol. The Morgan fingerprint density at radius 2 is 1.92 bits per heavy atom. The second-order valence-electron chi connectivity index (χ2n) is 5.74. The molecule has 10 nitrogen and oxygen atoms in total. The highest BCUT2D eigenvalue weighted by Gasteiger charge is 2.19. The number of anilines is 3. The summed E-state index contributed by atoms with van der Waals surface area (Å²) >= 11 is 0. The van der Waals surface area contributed by atoms with Gasteiger partial charge in [-0.25, -0.2) is 24.0 Å². The van der Waals surface area contributed by atoms with Crippen molar-refractivity contribution in [2.75, 3.05) is 11.1 Å². The summed E-state index contributed by atoms with van der Waals surface area (Å²) in [5.41, 5.74) is 6.37. The molecule has 0 aliphatic rings. The van der Waals surface area contributed by atoms with Gasteiger partial charge in [0.05, 0.1) is 30.3 Å². The van der Waals surface area contributed by atoms with Gasteiger partial charge in [0, 0.05) is 13.2 Å². The molecule has 132 valence electrons. The van der Waals surface area contributed by atoms with Gasteiger partial charge in [-0.05, 0) is 6.92 Å². The third-order valence-electron chi connectivity index (χ3n) is 3.80. The maximum atomic E-state index is 13.1. The summed E-state index contributed by atoms with van der Waals surface area (Å²) in [6.45, 7) is 1.84. The zero-order valence-electron chi connectivity index (χ0n) is 14.0. The van der Waals surface area contributed by atoms with E-state index in [4.69, 9.17) is 5.73 Å². The fourth-order valence-electron chi connectivity index (χ4n) is 2.57. The molecule has 0 amide bonds. The molecule has 0 saturated carbocycles. The van der Waals surface area contributed by atoms with Crippen molar-refractivity contribution in [1.82, 2.24) is 39.3 Å². The summed E-state index contributed by atoms with van der Waals surface area (Å²) < 4.78 is 16.5. The van der Waals surface area contributed by atoms with Crippen LogP contribution in [0.25, 0.3) is 11.0 Å². The van der Waals surface area contributed by atoms with Crippen LogP contribution in [0.2, 0.25) is 0 Å². The minimum absolute atomic E-state index is 0.0879. The Balaban J connectivity index is 1.76. The third-order valence-corrected chi connectivity index (χ3v) is 3.80. The van der Waals surface area contributed by atoms with Gasteiger partial charge in [0.2, 0.25) is 5.95 Å². The first kappa shape index (κ1) is 15.9. The Morgan fingerprint density at radius 1 is 1.15 bits per heavy atom. The van der Waals surface area contributed by atoms with Crippen LogP contribution in [0.15, 0.2) is 31.1 Å². The minimum atomic E-state index is -0.500. The predicted molar refractivity (Wildman–Crippen MR) is 92.0 cm³/mol. The van der Waals surface area contributed by atoms with Gasteiger partial charge in [0.25, 0.3) is 0 Å². The van der Waals surface area contributed by atoms with Crippen molar-refractivity contribution in [3.8, 4) is 0 Å². The fraction of sp³-hybridized carbons (Fsp3) is 0.200. The molecule has 0 unspecified atom stereocenters. The molecule has 4 aromatic heterocycles. The summed E-state index contributed by atoms with van der Waals surface area (Å²) in [7, 11) is 1.87. The van der Waals surface area contributed by atoms with E-state index in [9.17, 15) is 4.39 Å². The Kier molecular flexibility index (Phi) is 3.68. The van der Waals surface area contributed by atoms with E-state index in [0.717, 1.165) is 12.4 Å². The van der Waals surface area contributed by atoms with Gasteiger partial charge in [0.15, 0.2) is 17.3 Å². The smallest absolute Gasteiger partial charge is 0.224 e. The molecule has 11 heteroatoms. The van der Waals surface area contributed by atoms with Crippen LogP contribution >= 0.6 is 0 Å². The van der Waals surface area contributed by atoms with Crippen molar-refractivity contribution in [2.24, 2.45) is 7.05 Å². The first-order chi connectivity index (χ1) is 12.5. The number of rotatable bonds is 4. The molecule has 0 fully saturated rings. The molecule has 3 N–H and O–H groups in total. The van der Waals surface area contributed by atoms with Crippen LogP contribution in [0, 0.1) is 5.82 Å². The summed E-state index contributed by atoms with van der Waals surface area (Å²) in [6.07, 6.45) is 7.33. The number of imidazole rings is 1. The van der Waals surface area contributed by atoms with E-state index in [1.54, 1.807) is 21.8 Å². The van der Waals surface area contributed by atoms with E-state index < -0.39 is 5.82 Å². The zero-order valence-corrected chi connectivity index (χ0v) is 14.0. The molecule has 0 bridgehead atoms. The van der Waals surface area contributed by atoms with E-state index in [2.05, 4.69) is 35.3 Å². The van der Waals surface area contributed by atoms with Gasteiger partial charge >= 0.3 is 0 Å². The van der Waals surface area contributed by atoms with Crippen LogP contribution in [0.4, 0.5) is 22.0 Å². The number of halogens is 1. The summed E-state index contributed by atoms with van der Waals surface area (Å²) in [6, 6.07) is -0.370. The Hall–Kier alpha value is -3.63. The van der Waals surface area contributed by atoms with Crippen molar-refractivity contribution in [3.05, 3.63) is 42.8 Å². The van der Waals surface area contributed by atoms with Gasteiger partial charge < -0.3 is 15.6 Å². The van der Waals surface area contributed by atoms with Crippen molar-refractivity contribution < 1.29 is 4.39 Å². The molecule has 0 aromatic carbocycles. The number of nitrogens with zero attached hydrogens (tertiary/aromatic N) is 8. The lowest BCUT2D eigenvalue weighted by atomic mass is 10.3. The molecule has 0 saturated heterocycles. The SMILES string of the molecule is C[C@H](c1ncc(F)cn1)n1ncc2c(Nc3cn(C)cn3)nc(N)nc21. The van der Waals surface area contributed by atoms with Crippen molar-refractivity contribution in [1.29, 1.82) is 0 Å². The summed E-state index contributed by atoms with van der Waals surface area (Å²) in [5.74, 6) is 1.11. The Morgan fingerprint density at radius 3 is 2.62 bits per heavy atom. The van der Waals surface area contributed by atoms with E-state index in [-0.39, 0.29) is 12.0 Å². The first-order valence-corrected chi connectivity index (χ1v) is 7.74. The van der Waals surface area contributed by atoms with Gasteiger partial charge in [-0.2, -0.15) is 15.1 Å². The fourth-order valence-corrected chi connectivity index (χ4v) is 2.57. The average Bonchev–Trinajstić information content (AvgIpc) is 3.21. The van der Waals surface area contributed by atoms with E-state index >= 15 is 0 Å². The second kappa shape index (κ2) is 6.02. The number of nitrogen functional groups attached to an aromatic ring is 1. The van der Waals surface area contributed by atoms with Crippen LogP contribution in [0.5, 0.6) is 0 Å². The maximum absolute atomic E-state index is 13.1. The van der Waals surface area contributed by atoms with E-state index in [0.29, 0.717) is 28.5 Å². The topological polar surface area (TPSA) is 125 Å². The largest absolute Gasteiger partial charge is 0.368 e. The zero-order chi connectivity index (χ0) is 18.3. The quantitative estimate of drug-likeness (QED) is 0.564. The van der Waals surface area contributed by atoms with Crippen LogP contribution in [-0.2, 0) is 7.05 Å². The van der Waals surface area contributed by atoms with Crippen molar-refractivity contribution in [3.63, 3.8) is 0 Å². The number of hydrogen-bond acceptors (Lipinski definition) is 8. The molecular formula is C15H15FN10. The summed E-state index contributed by atoms with van der Waals surface area (Å²) in [5, 5.41) is 8.14. The Labute approximate surface area is 147 Å². The molecule has 1 atom stereocenters. The monoisotopic (exact) mass is 354 g/mol. The number of aryl methyl sites for hydroxylation is 1. The normalized spacial score (nSPS) is 12.4. The summed E-state index contributed by atoms with van der Waals surface area (Å²) in [4.78, 5) is 20.7. The van der Waals surface area contributed by atoms with Gasteiger partial charge in [-0.15, -0.1) is 0 Å². The predicted octanol–water partition coefficient (Wildman–Crippen LogP) is 1.42. The second-order valence-corrected chi connectivity index (χ2v) is 5.74. The number of nitrogens with two attached hydrogens (primary N) is 1. The molecule has 0 spiro atoms. The molecule has 4 rings (SSSR count). The standard InChI is InChI=1S/C15H15FN10/c1-8(12-18-3-9(16)4-19-12)26-14-10(5-21-26)13(23-15(17)24-14)22-11-6-25(2)7-20-11/h3-8H,1-2H3,(H3,17,22,23,24)/t8-/m1/s1. The lowest BCUT2D eigenvalue weighted by Crippen LogP contribution is -2.13. The number of nitrogens with one attached hydrogen (secondary N) is 1. The van der Waals surface area contributed by atoms with E-state index in [1.165, 1.54) is 0 Å². The highest BCUT2D eigenvalue weighted by molar-refractivity contribution is 5.89. The highest BCUT2D eigenvalue weighted by Crippen LogP contribution is 2.26. The Bertz CT molecular complexity index is 1070. The van der Waals surface area contributed by atoms with Gasteiger partial charge in [0.1, 0.15) is 17.7 Å². The van der Waals surface area contributed by atoms with E-state index in [1.807, 2.05) is 20.2 Å². The highest BCUT2D eigenvalue weighted by atomic mass is 19.1. The molecule has 0 aliphatic carbocycles. The first-order valence-electron chi connectivity index (χ1n) is 7.74. The lowest BCUT2D eigenvalue weighted by Gasteiger charge is -2.12. The number of fused-ring (bicyclic) bond motifs is 1. The third kappa shape index (κ3) is 2.79.